The van der Waals surface area contributed by atoms with Crippen LogP contribution in [-0.4, -0.2) is 29.4 Å². The number of alkyl halides is 3. The molecule has 2 aromatic rings. The van der Waals surface area contributed by atoms with Crippen LogP contribution in [0.2, 0.25) is 0 Å². The molecule has 0 spiro atoms. The number of nitrogens with one attached hydrogen (secondary N) is 1. The van der Waals surface area contributed by atoms with Crippen LogP contribution in [0.4, 0.5) is 18.9 Å². The second kappa shape index (κ2) is 7.72. The number of hydrogen-bond acceptors (Lipinski definition) is 4. The van der Waals surface area contributed by atoms with E-state index in [4.69, 9.17) is 0 Å². The number of aliphatic hydroxyl groups is 2. The summed E-state index contributed by atoms with van der Waals surface area (Å²) in [4.78, 5) is 2.13. The van der Waals surface area contributed by atoms with Gasteiger partial charge in [0.2, 0.25) is 0 Å². The number of anilines is 1. The standard InChI is InChI=1S/C22H23F3N2O2/c23-22(24,25)19-7-2-1-6-17(19)20-11-14-8-9-15(12-18(14)21(29)26-20)27-10-4-3-5-16(27)13-28/h1-2,6-9,11-12,16,21,26,28-29H,3-5,10,13H2. The van der Waals surface area contributed by atoms with Crippen LogP contribution >= 0.6 is 0 Å². The molecule has 0 radical (unpaired) electrons. The number of rotatable bonds is 3. The van der Waals surface area contributed by atoms with Gasteiger partial charge in [-0.05, 0) is 49.1 Å². The lowest BCUT2D eigenvalue weighted by molar-refractivity contribution is -0.137. The summed E-state index contributed by atoms with van der Waals surface area (Å²) in [5.41, 5.74) is 1.67. The minimum Gasteiger partial charge on any atom is -0.394 e. The highest BCUT2D eigenvalue weighted by molar-refractivity contribution is 5.85. The van der Waals surface area contributed by atoms with Gasteiger partial charge in [-0.15, -0.1) is 0 Å². The Hall–Kier alpha value is -2.51. The molecule has 2 aliphatic rings. The maximum absolute atomic E-state index is 13.4. The van der Waals surface area contributed by atoms with Crippen molar-refractivity contribution in [3.05, 3.63) is 64.7 Å². The summed E-state index contributed by atoms with van der Waals surface area (Å²) in [5.74, 6) is 0. The van der Waals surface area contributed by atoms with E-state index in [0.29, 0.717) is 11.1 Å². The van der Waals surface area contributed by atoms with Crippen LogP contribution in [0.5, 0.6) is 0 Å². The Morgan fingerprint density at radius 1 is 1.10 bits per heavy atom. The van der Waals surface area contributed by atoms with Crippen LogP contribution in [-0.2, 0) is 6.18 Å². The van der Waals surface area contributed by atoms with E-state index >= 15 is 0 Å². The number of fused-ring (bicyclic) bond motifs is 1. The van der Waals surface area contributed by atoms with Gasteiger partial charge in [0.1, 0.15) is 0 Å². The van der Waals surface area contributed by atoms with Crippen molar-refractivity contribution in [3.8, 4) is 0 Å². The Kier molecular flexibility index (Phi) is 5.27. The normalized spacial score (nSPS) is 22.0. The fourth-order valence-electron chi connectivity index (χ4n) is 4.18. The Morgan fingerprint density at radius 3 is 2.66 bits per heavy atom. The third kappa shape index (κ3) is 3.84. The maximum atomic E-state index is 13.4. The molecule has 1 fully saturated rings. The molecule has 4 rings (SSSR count). The van der Waals surface area contributed by atoms with Crippen molar-refractivity contribution in [2.45, 2.75) is 37.7 Å². The molecule has 7 heteroatoms. The van der Waals surface area contributed by atoms with E-state index < -0.39 is 18.0 Å². The van der Waals surface area contributed by atoms with Crippen LogP contribution < -0.4 is 10.2 Å². The minimum absolute atomic E-state index is 0.00477. The molecule has 0 bridgehead atoms. The molecule has 2 aliphatic heterocycles. The number of nitrogens with zero attached hydrogens (tertiary/aromatic N) is 1. The Bertz CT molecular complexity index is 927. The van der Waals surface area contributed by atoms with E-state index in [1.807, 2.05) is 18.2 Å². The first-order valence-corrected chi connectivity index (χ1v) is 9.73. The van der Waals surface area contributed by atoms with Crippen molar-refractivity contribution in [1.82, 2.24) is 5.32 Å². The Labute approximate surface area is 167 Å². The summed E-state index contributed by atoms with van der Waals surface area (Å²) in [6, 6.07) is 10.9. The largest absolute Gasteiger partial charge is 0.417 e. The zero-order valence-electron chi connectivity index (χ0n) is 15.8. The lowest BCUT2D eigenvalue weighted by Gasteiger charge is -2.37. The first-order valence-electron chi connectivity index (χ1n) is 9.73. The zero-order valence-corrected chi connectivity index (χ0v) is 15.8. The van der Waals surface area contributed by atoms with Gasteiger partial charge in [-0.1, -0.05) is 24.3 Å². The van der Waals surface area contributed by atoms with Crippen LogP contribution in [0, 0.1) is 0 Å². The minimum atomic E-state index is -4.48. The summed E-state index contributed by atoms with van der Waals surface area (Å²) in [6.45, 7) is 0.893. The van der Waals surface area contributed by atoms with Gasteiger partial charge >= 0.3 is 6.18 Å². The van der Waals surface area contributed by atoms with Gasteiger partial charge in [0.25, 0.3) is 0 Å². The molecule has 2 atom stereocenters. The smallest absolute Gasteiger partial charge is 0.394 e. The third-order valence-electron chi connectivity index (χ3n) is 5.65. The van der Waals surface area contributed by atoms with Crippen molar-refractivity contribution >= 4 is 17.5 Å². The van der Waals surface area contributed by atoms with Gasteiger partial charge in [0.05, 0.1) is 18.2 Å². The first-order chi connectivity index (χ1) is 13.9. The topological polar surface area (TPSA) is 55.7 Å². The van der Waals surface area contributed by atoms with Crippen molar-refractivity contribution in [3.63, 3.8) is 0 Å². The van der Waals surface area contributed by atoms with E-state index in [-0.39, 0.29) is 23.9 Å². The second-order valence-corrected chi connectivity index (χ2v) is 7.49. The van der Waals surface area contributed by atoms with Gasteiger partial charge < -0.3 is 20.4 Å². The molecule has 0 saturated carbocycles. The molecule has 2 aromatic carbocycles. The van der Waals surface area contributed by atoms with Crippen LogP contribution in [0.15, 0.2) is 42.5 Å². The molecule has 0 aromatic heterocycles. The average Bonchev–Trinajstić information content (AvgIpc) is 2.73. The fourth-order valence-corrected chi connectivity index (χ4v) is 4.18. The molecule has 3 N–H and O–H groups in total. The van der Waals surface area contributed by atoms with Gasteiger partial charge in [0.15, 0.2) is 6.23 Å². The van der Waals surface area contributed by atoms with Gasteiger partial charge in [-0.3, -0.25) is 0 Å². The van der Waals surface area contributed by atoms with Crippen LogP contribution in [0.25, 0.3) is 11.8 Å². The molecule has 2 unspecified atom stereocenters. The number of halogens is 3. The van der Waals surface area contributed by atoms with E-state index in [9.17, 15) is 23.4 Å². The van der Waals surface area contributed by atoms with Crippen molar-refractivity contribution in [2.24, 2.45) is 0 Å². The number of aliphatic hydroxyl groups excluding tert-OH is 2. The number of benzene rings is 2. The van der Waals surface area contributed by atoms with Gasteiger partial charge in [-0.2, -0.15) is 13.2 Å². The summed E-state index contributed by atoms with van der Waals surface area (Å²) in [7, 11) is 0. The molecular formula is C22H23F3N2O2. The van der Waals surface area contributed by atoms with Crippen molar-refractivity contribution in [1.29, 1.82) is 0 Å². The van der Waals surface area contributed by atoms with Crippen LogP contribution in [0.3, 0.4) is 0 Å². The highest BCUT2D eigenvalue weighted by Crippen LogP contribution is 2.38. The first kappa shape index (κ1) is 19.8. The maximum Gasteiger partial charge on any atom is 0.417 e. The molecule has 154 valence electrons. The average molecular weight is 404 g/mol. The van der Waals surface area contributed by atoms with E-state index in [0.717, 1.165) is 37.6 Å². The molecule has 0 aliphatic carbocycles. The Balaban J connectivity index is 1.71. The third-order valence-corrected chi connectivity index (χ3v) is 5.65. The second-order valence-electron chi connectivity index (χ2n) is 7.49. The fraction of sp³-hybridized carbons (Fsp3) is 0.364. The van der Waals surface area contributed by atoms with Crippen molar-refractivity contribution in [2.75, 3.05) is 18.1 Å². The number of piperidine rings is 1. The Morgan fingerprint density at radius 2 is 1.90 bits per heavy atom. The van der Waals surface area contributed by atoms with E-state index in [1.54, 1.807) is 12.1 Å². The summed E-state index contributed by atoms with van der Waals surface area (Å²) in [6.07, 6.45) is -0.956. The quantitative estimate of drug-likeness (QED) is 0.720. The monoisotopic (exact) mass is 404 g/mol. The molecule has 4 nitrogen and oxygen atoms in total. The highest BCUT2D eigenvalue weighted by Gasteiger charge is 2.35. The summed E-state index contributed by atoms with van der Waals surface area (Å²) < 4.78 is 40.1. The molecule has 0 amide bonds. The predicted octanol–water partition coefficient (Wildman–Crippen LogP) is 4.15. The molecular weight excluding hydrogens is 381 g/mol. The predicted molar refractivity (Wildman–Crippen MR) is 106 cm³/mol. The molecule has 1 saturated heterocycles. The van der Waals surface area contributed by atoms with Gasteiger partial charge in [0, 0.05) is 29.1 Å². The molecule has 29 heavy (non-hydrogen) atoms. The summed E-state index contributed by atoms with van der Waals surface area (Å²) in [5, 5.41) is 23.1. The van der Waals surface area contributed by atoms with E-state index in [1.165, 1.54) is 12.1 Å². The molecule has 2 heterocycles. The lowest BCUT2D eigenvalue weighted by atomic mass is 9.94. The SMILES string of the molecule is OCC1CCCCN1c1ccc2c(c1)C(O)NC(c1ccccc1C(F)(F)F)=C2. The summed E-state index contributed by atoms with van der Waals surface area (Å²) >= 11 is 0. The number of hydrogen-bond donors (Lipinski definition) is 3. The van der Waals surface area contributed by atoms with Crippen LogP contribution in [0.1, 0.15) is 47.7 Å². The highest BCUT2D eigenvalue weighted by atomic mass is 19.4. The lowest BCUT2D eigenvalue weighted by Crippen LogP contribution is -2.42. The van der Waals surface area contributed by atoms with Crippen molar-refractivity contribution < 1.29 is 23.4 Å². The zero-order chi connectivity index (χ0) is 20.6. The van der Waals surface area contributed by atoms with Gasteiger partial charge in [-0.25, -0.2) is 0 Å². The van der Waals surface area contributed by atoms with E-state index in [2.05, 4.69) is 10.2 Å².